The first-order valence-electron chi connectivity index (χ1n) is 10.5. The maximum absolute atomic E-state index is 12.4. The van der Waals surface area contributed by atoms with Crippen LogP contribution in [0.4, 0.5) is 5.82 Å². The van der Waals surface area contributed by atoms with Gasteiger partial charge in [0.2, 0.25) is 5.91 Å². The minimum absolute atomic E-state index is 0.167. The summed E-state index contributed by atoms with van der Waals surface area (Å²) in [4.78, 5) is 23.4. The van der Waals surface area contributed by atoms with Crippen LogP contribution in [0.3, 0.4) is 0 Å². The predicted molar refractivity (Wildman–Crippen MR) is 126 cm³/mol. The zero-order valence-electron chi connectivity index (χ0n) is 18.0. The van der Waals surface area contributed by atoms with E-state index in [0.29, 0.717) is 32.1 Å². The highest BCUT2D eigenvalue weighted by atomic mass is 32.1. The molecule has 0 radical (unpaired) electrons. The Kier molecular flexibility index (Phi) is 7.47. The van der Waals surface area contributed by atoms with Crippen molar-refractivity contribution < 1.29 is 14.3 Å². The molecule has 1 aliphatic rings. The highest BCUT2D eigenvalue weighted by molar-refractivity contribution is 7.09. The van der Waals surface area contributed by atoms with E-state index >= 15 is 0 Å². The average molecular weight is 451 g/mol. The minimum Gasteiger partial charge on any atom is -0.487 e. The van der Waals surface area contributed by atoms with E-state index in [1.807, 2.05) is 48.7 Å². The molecule has 1 aromatic carbocycles. The standard InChI is InChI=1S/C24H26N4O3S/c1-18-27-21(17-32-18)16-31-22-5-3-2-4-20(22)6-7-24(29)26-15-19-8-9-25-23(14-19)28-10-12-30-13-11-28/h2-9,14,17H,10-13,15-16H2,1H3,(H,26,29)/b7-6+. The lowest BCUT2D eigenvalue weighted by Crippen LogP contribution is -2.36. The monoisotopic (exact) mass is 450 g/mol. The van der Waals surface area contributed by atoms with Crippen molar-refractivity contribution in [1.29, 1.82) is 0 Å². The summed E-state index contributed by atoms with van der Waals surface area (Å²) in [5.41, 5.74) is 2.75. The molecule has 7 nitrogen and oxygen atoms in total. The largest absolute Gasteiger partial charge is 0.487 e. The van der Waals surface area contributed by atoms with Crippen LogP contribution < -0.4 is 15.0 Å². The molecule has 1 fully saturated rings. The molecule has 0 atom stereocenters. The molecule has 166 valence electrons. The van der Waals surface area contributed by atoms with Crippen molar-refractivity contribution in [1.82, 2.24) is 15.3 Å². The van der Waals surface area contributed by atoms with Crippen LogP contribution in [0.15, 0.2) is 54.1 Å². The number of benzene rings is 1. The molecule has 8 heteroatoms. The number of rotatable bonds is 8. The first-order valence-corrected chi connectivity index (χ1v) is 11.4. The van der Waals surface area contributed by atoms with Crippen LogP contribution in [-0.4, -0.2) is 42.2 Å². The summed E-state index contributed by atoms with van der Waals surface area (Å²) in [6.45, 7) is 5.88. The van der Waals surface area contributed by atoms with Crippen molar-refractivity contribution in [3.05, 3.63) is 75.9 Å². The molecule has 32 heavy (non-hydrogen) atoms. The predicted octanol–water partition coefficient (Wildman–Crippen LogP) is 3.59. The number of amides is 1. The quantitative estimate of drug-likeness (QED) is 0.529. The molecule has 0 unspecified atom stereocenters. The molecule has 0 bridgehead atoms. The summed E-state index contributed by atoms with van der Waals surface area (Å²) in [6, 6.07) is 11.6. The third kappa shape index (κ3) is 6.15. The lowest BCUT2D eigenvalue weighted by atomic mass is 10.2. The molecular weight excluding hydrogens is 424 g/mol. The Bertz CT molecular complexity index is 1080. The highest BCUT2D eigenvalue weighted by Crippen LogP contribution is 2.21. The topological polar surface area (TPSA) is 76.6 Å². The number of anilines is 1. The Morgan fingerprint density at radius 3 is 2.94 bits per heavy atom. The fourth-order valence-corrected chi connectivity index (χ4v) is 3.92. The number of hydrogen-bond acceptors (Lipinski definition) is 7. The molecule has 4 rings (SSSR count). The van der Waals surface area contributed by atoms with Gasteiger partial charge in [0, 0.05) is 42.9 Å². The smallest absolute Gasteiger partial charge is 0.244 e. The Morgan fingerprint density at radius 1 is 1.28 bits per heavy atom. The lowest BCUT2D eigenvalue weighted by Gasteiger charge is -2.28. The zero-order valence-corrected chi connectivity index (χ0v) is 18.8. The van der Waals surface area contributed by atoms with Gasteiger partial charge in [-0.15, -0.1) is 11.3 Å². The summed E-state index contributed by atoms with van der Waals surface area (Å²) in [6.07, 6.45) is 5.07. The van der Waals surface area contributed by atoms with E-state index in [9.17, 15) is 4.79 Å². The number of carbonyl (C=O) groups excluding carboxylic acids is 1. The summed E-state index contributed by atoms with van der Waals surface area (Å²) in [5.74, 6) is 1.46. The summed E-state index contributed by atoms with van der Waals surface area (Å²) >= 11 is 1.60. The van der Waals surface area contributed by atoms with Crippen LogP contribution in [0.1, 0.15) is 21.8 Å². The molecule has 1 aliphatic heterocycles. The maximum atomic E-state index is 12.4. The van der Waals surface area contributed by atoms with Gasteiger partial charge in [-0.2, -0.15) is 0 Å². The fraction of sp³-hybridized carbons (Fsp3) is 0.292. The second-order valence-electron chi connectivity index (χ2n) is 7.36. The number of aromatic nitrogens is 2. The summed E-state index contributed by atoms with van der Waals surface area (Å²) in [7, 11) is 0. The lowest BCUT2D eigenvalue weighted by molar-refractivity contribution is -0.116. The van der Waals surface area contributed by atoms with E-state index < -0.39 is 0 Å². The first kappa shape index (κ1) is 22.0. The van der Waals surface area contributed by atoms with Gasteiger partial charge in [-0.25, -0.2) is 9.97 Å². The number of ether oxygens (including phenoxy) is 2. The molecule has 1 amide bonds. The molecule has 0 saturated carbocycles. The van der Waals surface area contributed by atoms with Crippen molar-refractivity contribution in [2.24, 2.45) is 0 Å². The zero-order chi connectivity index (χ0) is 22.2. The first-order chi connectivity index (χ1) is 15.7. The third-order valence-corrected chi connectivity index (χ3v) is 5.81. The van der Waals surface area contributed by atoms with E-state index in [-0.39, 0.29) is 5.91 Å². The number of carbonyl (C=O) groups is 1. The Morgan fingerprint density at radius 2 is 2.12 bits per heavy atom. The molecule has 2 aromatic heterocycles. The van der Waals surface area contributed by atoms with E-state index in [1.54, 1.807) is 23.6 Å². The number of hydrogen-bond donors (Lipinski definition) is 1. The van der Waals surface area contributed by atoms with Gasteiger partial charge >= 0.3 is 0 Å². The van der Waals surface area contributed by atoms with Gasteiger partial charge in [-0.3, -0.25) is 4.79 Å². The SMILES string of the molecule is Cc1nc(COc2ccccc2/C=C/C(=O)NCc2ccnc(N3CCOCC3)c2)cs1. The van der Waals surface area contributed by atoms with Crippen LogP contribution in [0, 0.1) is 6.92 Å². The number of thiazole rings is 1. The van der Waals surface area contributed by atoms with Gasteiger partial charge in [0.25, 0.3) is 0 Å². The number of pyridine rings is 1. The average Bonchev–Trinajstić information content (AvgIpc) is 3.26. The van der Waals surface area contributed by atoms with Crippen molar-refractivity contribution in [2.75, 3.05) is 31.2 Å². The molecule has 3 heterocycles. The number of nitrogens with zero attached hydrogens (tertiary/aromatic N) is 3. The van der Waals surface area contributed by atoms with Crippen LogP contribution in [0.25, 0.3) is 6.08 Å². The molecule has 0 spiro atoms. The number of morpholine rings is 1. The summed E-state index contributed by atoms with van der Waals surface area (Å²) < 4.78 is 11.3. The van der Waals surface area contributed by atoms with Crippen molar-refractivity contribution in [3.8, 4) is 5.75 Å². The molecule has 1 N–H and O–H groups in total. The second kappa shape index (κ2) is 10.9. The van der Waals surface area contributed by atoms with Crippen LogP contribution in [0.2, 0.25) is 0 Å². The van der Waals surface area contributed by atoms with Gasteiger partial charge in [0.1, 0.15) is 18.2 Å². The van der Waals surface area contributed by atoms with Crippen molar-refractivity contribution >= 4 is 29.1 Å². The van der Waals surface area contributed by atoms with Gasteiger partial charge in [0.05, 0.1) is 23.9 Å². The molecular formula is C24H26N4O3S. The Labute approximate surface area is 191 Å². The minimum atomic E-state index is -0.167. The number of aryl methyl sites for hydroxylation is 1. The van der Waals surface area contributed by atoms with Crippen molar-refractivity contribution in [3.63, 3.8) is 0 Å². The number of nitrogens with one attached hydrogen (secondary N) is 1. The Hall–Kier alpha value is -3.23. The Balaban J connectivity index is 1.32. The molecule has 3 aromatic rings. The third-order valence-electron chi connectivity index (χ3n) is 4.99. The fourth-order valence-electron chi connectivity index (χ4n) is 3.33. The highest BCUT2D eigenvalue weighted by Gasteiger charge is 2.12. The van der Waals surface area contributed by atoms with Gasteiger partial charge in [-0.05, 0) is 36.8 Å². The van der Waals surface area contributed by atoms with Crippen LogP contribution >= 0.6 is 11.3 Å². The number of para-hydroxylation sites is 1. The van der Waals surface area contributed by atoms with E-state index in [4.69, 9.17) is 9.47 Å². The molecule has 0 aliphatic carbocycles. The van der Waals surface area contributed by atoms with Crippen LogP contribution in [-0.2, 0) is 22.7 Å². The van der Waals surface area contributed by atoms with Gasteiger partial charge in [-0.1, -0.05) is 18.2 Å². The van der Waals surface area contributed by atoms with Crippen molar-refractivity contribution in [2.45, 2.75) is 20.1 Å². The van der Waals surface area contributed by atoms with Gasteiger partial charge < -0.3 is 19.7 Å². The molecule has 1 saturated heterocycles. The van der Waals surface area contributed by atoms with E-state index in [0.717, 1.165) is 40.7 Å². The second-order valence-corrected chi connectivity index (χ2v) is 8.42. The van der Waals surface area contributed by atoms with E-state index in [2.05, 4.69) is 20.2 Å². The normalized spacial score (nSPS) is 14.0. The van der Waals surface area contributed by atoms with E-state index in [1.165, 1.54) is 6.08 Å². The van der Waals surface area contributed by atoms with Gasteiger partial charge in [0.15, 0.2) is 0 Å². The summed E-state index contributed by atoms with van der Waals surface area (Å²) in [5, 5.41) is 5.94. The maximum Gasteiger partial charge on any atom is 0.244 e. The van der Waals surface area contributed by atoms with Crippen LogP contribution in [0.5, 0.6) is 5.75 Å².